The van der Waals surface area contributed by atoms with E-state index >= 15 is 0 Å². The smallest absolute Gasteiger partial charge is 0.115 e. The average Bonchev–Trinajstić information content (AvgIpc) is 1.72. The molecule has 0 aliphatic rings. The van der Waals surface area contributed by atoms with Gasteiger partial charge in [0.15, 0.2) is 0 Å². The number of hydrogen-bond donors (Lipinski definition) is 0. The molecule has 0 atom stereocenters. The molecule has 0 amide bonds. The Balaban J connectivity index is 0. The second-order valence-electron chi connectivity index (χ2n) is 0.904. The van der Waals surface area contributed by atoms with Gasteiger partial charge in [0.2, 0.25) is 0 Å². The van der Waals surface area contributed by atoms with Crippen molar-refractivity contribution in [2.45, 2.75) is 0 Å². The van der Waals surface area contributed by atoms with Crippen molar-refractivity contribution in [2.24, 2.45) is 0 Å². The number of aromatic nitrogens is 2. The van der Waals surface area contributed by atoms with Gasteiger partial charge in [0.05, 0.1) is 0 Å². The molecule has 4 heteroatoms. The molecule has 1 aromatic heterocycles. The van der Waals surface area contributed by atoms with Crippen LogP contribution in [0, 0.1) is 0 Å². The van der Waals surface area contributed by atoms with Crippen LogP contribution in [0.1, 0.15) is 0 Å². The van der Waals surface area contributed by atoms with Gasteiger partial charge in [0.25, 0.3) is 0 Å². The standard InChI is InChI=1S/C4H4N2.Cu.H2S/c1-2-5-4-6-3-1;;/h1-4H;;1H2. The van der Waals surface area contributed by atoms with Gasteiger partial charge in [0, 0.05) is 29.5 Å². The van der Waals surface area contributed by atoms with Crippen molar-refractivity contribution < 1.29 is 17.1 Å². The Hall–Kier alpha value is -0.0505. The van der Waals surface area contributed by atoms with Crippen LogP contribution in [-0.2, 0) is 17.1 Å². The molecule has 0 unspecified atom stereocenters. The minimum atomic E-state index is 0. The van der Waals surface area contributed by atoms with Crippen molar-refractivity contribution in [1.82, 2.24) is 9.97 Å². The van der Waals surface area contributed by atoms with Crippen molar-refractivity contribution >= 4 is 13.5 Å². The van der Waals surface area contributed by atoms with Crippen LogP contribution >= 0.6 is 13.5 Å². The van der Waals surface area contributed by atoms with E-state index in [4.69, 9.17) is 0 Å². The fourth-order valence-electron chi connectivity index (χ4n) is 0.253. The van der Waals surface area contributed by atoms with Crippen molar-refractivity contribution in [1.29, 1.82) is 0 Å². The van der Waals surface area contributed by atoms with E-state index in [0.717, 1.165) is 0 Å². The second kappa shape index (κ2) is 6.95. The summed E-state index contributed by atoms with van der Waals surface area (Å²) in [6.07, 6.45) is 4.88. The van der Waals surface area contributed by atoms with Gasteiger partial charge in [-0.1, -0.05) is 0 Å². The van der Waals surface area contributed by atoms with Gasteiger partial charge in [-0.15, -0.1) is 0 Å². The van der Waals surface area contributed by atoms with Crippen LogP contribution in [0.4, 0.5) is 0 Å². The minimum absolute atomic E-state index is 0. The Morgan fingerprint density at radius 2 is 1.50 bits per heavy atom. The van der Waals surface area contributed by atoms with Crippen molar-refractivity contribution in [3.8, 4) is 0 Å². The molecular weight excluding hydrogens is 172 g/mol. The van der Waals surface area contributed by atoms with Gasteiger partial charge in [-0.2, -0.15) is 13.5 Å². The molecule has 49 valence electrons. The molecule has 1 radical (unpaired) electrons. The number of nitrogens with zero attached hydrogens (tertiary/aromatic N) is 2. The largest absolute Gasteiger partial charge is 0.245 e. The van der Waals surface area contributed by atoms with Crippen molar-refractivity contribution in [2.75, 3.05) is 0 Å². The third kappa shape index (κ3) is 4.12. The zero-order valence-electron chi connectivity index (χ0n) is 4.01. The number of hydrogen-bond acceptors (Lipinski definition) is 2. The van der Waals surface area contributed by atoms with Crippen LogP contribution in [0.25, 0.3) is 0 Å². The second-order valence-corrected chi connectivity index (χ2v) is 0.904. The maximum absolute atomic E-state index is 3.67. The van der Waals surface area contributed by atoms with Gasteiger partial charge in [-0.3, -0.25) is 0 Å². The summed E-state index contributed by atoms with van der Waals surface area (Å²) in [5, 5.41) is 0. The third-order valence-corrected chi connectivity index (χ3v) is 0.478. The zero-order valence-corrected chi connectivity index (χ0v) is 5.95. The first-order chi connectivity index (χ1) is 3.00. The minimum Gasteiger partial charge on any atom is -0.245 e. The first-order valence-electron chi connectivity index (χ1n) is 1.70. The predicted octanol–water partition coefficient (Wildman–Crippen LogP) is 0.587. The molecule has 0 saturated heterocycles. The maximum Gasteiger partial charge on any atom is 0.115 e. The van der Waals surface area contributed by atoms with E-state index < -0.39 is 0 Å². The van der Waals surface area contributed by atoms with E-state index in [9.17, 15) is 0 Å². The van der Waals surface area contributed by atoms with Crippen LogP contribution < -0.4 is 0 Å². The SMILES string of the molecule is S.[Cu].c1cncnc1. The Bertz CT molecular complexity index is 86.0. The molecule has 0 aliphatic carbocycles. The molecule has 2 nitrogen and oxygen atoms in total. The normalized spacial score (nSPS) is 6.00. The summed E-state index contributed by atoms with van der Waals surface area (Å²) >= 11 is 0. The van der Waals surface area contributed by atoms with E-state index in [1.165, 1.54) is 6.33 Å². The van der Waals surface area contributed by atoms with Crippen LogP contribution in [0.2, 0.25) is 0 Å². The van der Waals surface area contributed by atoms with Gasteiger partial charge in [-0.25, -0.2) is 9.97 Å². The third-order valence-electron chi connectivity index (χ3n) is 0.478. The maximum atomic E-state index is 3.67. The molecule has 0 saturated carbocycles. The molecule has 0 spiro atoms. The summed E-state index contributed by atoms with van der Waals surface area (Å²) in [7, 11) is 0. The van der Waals surface area contributed by atoms with Crippen molar-refractivity contribution in [3.63, 3.8) is 0 Å². The van der Waals surface area contributed by atoms with Crippen LogP contribution in [0.15, 0.2) is 24.8 Å². The summed E-state index contributed by atoms with van der Waals surface area (Å²) in [6.45, 7) is 0. The Kier molecular flexibility index (Phi) is 9.42. The Labute approximate surface area is 65.7 Å². The van der Waals surface area contributed by atoms with Gasteiger partial charge < -0.3 is 0 Å². The zero-order chi connectivity index (χ0) is 4.24. The van der Waals surface area contributed by atoms with E-state index in [1.54, 1.807) is 18.5 Å². The number of rotatable bonds is 0. The predicted molar refractivity (Wildman–Crippen MR) is 32.4 cm³/mol. The summed E-state index contributed by atoms with van der Waals surface area (Å²) in [5.41, 5.74) is 0. The molecule has 0 bridgehead atoms. The van der Waals surface area contributed by atoms with Gasteiger partial charge in [0.1, 0.15) is 6.33 Å². The average molecular weight is 178 g/mol. The quantitative estimate of drug-likeness (QED) is 0.543. The fraction of sp³-hybridized carbons (Fsp3) is 0. The van der Waals surface area contributed by atoms with E-state index in [2.05, 4.69) is 9.97 Å². The molecule has 8 heavy (non-hydrogen) atoms. The molecule has 1 heterocycles. The van der Waals surface area contributed by atoms with Gasteiger partial charge in [-0.05, 0) is 6.07 Å². The Morgan fingerprint density at radius 3 is 1.62 bits per heavy atom. The summed E-state index contributed by atoms with van der Waals surface area (Å²) in [4.78, 5) is 7.35. The molecule has 1 aromatic rings. The summed E-state index contributed by atoms with van der Waals surface area (Å²) < 4.78 is 0. The molecule has 0 N–H and O–H groups in total. The summed E-state index contributed by atoms with van der Waals surface area (Å²) in [6, 6.07) is 1.78. The molecule has 1 rings (SSSR count). The fourth-order valence-corrected chi connectivity index (χ4v) is 0.253. The first-order valence-corrected chi connectivity index (χ1v) is 1.70. The summed E-state index contributed by atoms with van der Waals surface area (Å²) in [5.74, 6) is 0. The molecule has 0 fully saturated rings. The van der Waals surface area contributed by atoms with Crippen molar-refractivity contribution in [3.05, 3.63) is 24.8 Å². The van der Waals surface area contributed by atoms with Crippen LogP contribution in [0.3, 0.4) is 0 Å². The van der Waals surface area contributed by atoms with Crippen LogP contribution in [0.5, 0.6) is 0 Å². The van der Waals surface area contributed by atoms with E-state index in [-0.39, 0.29) is 30.6 Å². The molecule has 0 aliphatic heterocycles. The first kappa shape index (κ1) is 10.8. The van der Waals surface area contributed by atoms with E-state index in [0.29, 0.717) is 0 Å². The van der Waals surface area contributed by atoms with E-state index in [1.807, 2.05) is 0 Å². The van der Waals surface area contributed by atoms with Gasteiger partial charge >= 0.3 is 0 Å². The monoisotopic (exact) mass is 177 g/mol. The topological polar surface area (TPSA) is 25.8 Å². The Morgan fingerprint density at radius 1 is 1.00 bits per heavy atom. The molecular formula is C4H6CuN2S. The molecule has 0 aromatic carbocycles. The van der Waals surface area contributed by atoms with Crippen LogP contribution in [-0.4, -0.2) is 9.97 Å².